The second kappa shape index (κ2) is 12.8. The van der Waals surface area contributed by atoms with Crippen molar-refractivity contribution in [3.8, 4) is 39.7 Å². The maximum absolute atomic E-state index is 6.87. The third kappa shape index (κ3) is 5.42. The van der Waals surface area contributed by atoms with E-state index in [0.717, 1.165) is 49.7 Å². The SMILES string of the molecule is C1=C(c2cccc3ccccc23)C2Oc3ccccc3C2C(c2nc(-c3ccc4ccccc4c3)nc(-c3ccc4cc(-c5ccccc5)ccc4c3)n2)=C1. The normalized spacial score (nSPS) is 16.0. The van der Waals surface area contributed by atoms with Crippen LogP contribution in [0.4, 0.5) is 0 Å². The summed E-state index contributed by atoms with van der Waals surface area (Å²) < 4.78 is 6.87. The summed E-state index contributed by atoms with van der Waals surface area (Å²) in [4.78, 5) is 15.7. The molecule has 11 rings (SSSR count). The fourth-order valence-corrected chi connectivity index (χ4v) is 8.38. The molecule has 0 radical (unpaired) electrons. The fourth-order valence-electron chi connectivity index (χ4n) is 8.38. The maximum atomic E-state index is 6.87. The first-order valence-corrected chi connectivity index (χ1v) is 18.7. The molecule has 1 aromatic heterocycles. The lowest BCUT2D eigenvalue weighted by Crippen LogP contribution is -2.25. The molecule has 1 aliphatic carbocycles. The number of allylic oxidation sites excluding steroid dienone is 2. The number of aromatic nitrogens is 3. The Morgan fingerprint density at radius 3 is 1.75 bits per heavy atom. The standard InChI is InChI=1S/C51H33N3O/c1-2-11-32(12-3-1)36-22-23-38-31-40(26-24-37(38)29-36)50-52-49(39-25-21-33-13-4-5-15-35(33)30-39)53-51(54-50)45-28-27-43(42-19-10-16-34-14-6-7-17-41(34)42)48-47(45)44-18-8-9-20-46(44)55-48/h1-31,47-48H. The summed E-state index contributed by atoms with van der Waals surface area (Å²) in [6.45, 7) is 0. The summed E-state index contributed by atoms with van der Waals surface area (Å²) in [6.07, 6.45) is 4.18. The van der Waals surface area contributed by atoms with E-state index in [4.69, 9.17) is 19.7 Å². The largest absolute Gasteiger partial charge is 0.484 e. The molecule has 2 atom stereocenters. The van der Waals surface area contributed by atoms with Crippen LogP contribution < -0.4 is 4.74 Å². The highest BCUT2D eigenvalue weighted by molar-refractivity contribution is 5.98. The summed E-state index contributed by atoms with van der Waals surface area (Å²) in [6, 6.07) is 61.9. The molecular weight excluding hydrogens is 671 g/mol. The number of hydrogen-bond acceptors (Lipinski definition) is 4. The van der Waals surface area contributed by atoms with E-state index in [2.05, 4.69) is 176 Å². The Balaban J connectivity index is 1.10. The summed E-state index contributed by atoms with van der Waals surface area (Å²) in [5.41, 5.74) is 8.75. The molecule has 0 saturated heterocycles. The molecular formula is C51H33N3O. The molecule has 9 aromatic rings. The molecule has 0 amide bonds. The summed E-state index contributed by atoms with van der Waals surface area (Å²) in [7, 11) is 0. The molecule has 2 heterocycles. The minimum Gasteiger partial charge on any atom is -0.484 e. The van der Waals surface area contributed by atoms with Gasteiger partial charge >= 0.3 is 0 Å². The number of nitrogens with zero attached hydrogens (tertiary/aromatic N) is 3. The lowest BCUT2D eigenvalue weighted by atomic mass is 9.78. The molecule has 0 bridgehead atoms. The van der Waals surface area contributed by atoms with Crippen LogP contribution in [0, 0.1) is 0 Å². The van der Waals surface area contributed by atoms with Crippen molar-refractivity contribution in [2.45, 2.75) is 12.0 Å². The highest BCUT2D eigenvalue weighted by Gasteiger charge is 2.42. The number of ether oxygens (including phenoxy) is 1. The van der Waals surface area contributed by atoms with E-state index < -0.39 is 0 Å². The van der Waals surface area contributed by atoms with Crippen LogP contribution in [0.15, 0.2) is 188 Å². The molecule has 0 saturated carbocycles. The van der Waals surface area contributed by atoms with Gasteiger partial charge in [0.1, 0.15) is 11.9 Å². The van der Waals surface area contributed by atoms with Gasteiger partial charge in [0.25, 0.3) is 0 Å². The van der Waals surface area contributed by atoms with Gasteiger partial charge in [-0.3, -0.25) is 0 Å². The molecule has 55 heavy (non-hydrogen) atoms. The van der Waals surface area contributed by atoms with E-state index in [-0.39, 0.29) is 12.0 Å². The molecule has 0 fully saturated rings. The lowest BCUT2D eigenvalue weighted by Gasteiger charge is -2.28. The van der Waals surface area contributed by atoms with Gasteiger partial charge in [-0.15, -0.1) is 0 Å². The van der Waals surface area contributed by atoms with Gasteiger partial charge < -0.3 is 4.74 Å². The molecule has 0 N–H and O–H groups in total. The summed E-state index contributed by atoms with van der Waals surface area (Å²) >= 11 is 0. The van der Waals surface area contributed by atoms with Crippen LogP contribution in [-0.2, 0) is 0 Å². The predicted molar refractivity (Wildman–Crippen MR) is 225 cm³/mol. The number of benzene rings is 8. The van der Waals surface area contributed by atoms with Gasteiger partial charge in [-0.05, 0) is 73.3 Å². The molecule has 258 valence electrons. The Hall–Kier alpha value is -7.17. The molecule has 8 aromatic carbocycles. The van der Waals surface area contributed by atoms with Gasteiger partial charge in [0.2, 0.25) is 0 Å². The zero-order chi connectivity index (χ0) is 36.3. The Morgan fingerprint density at radius 2 is 0.945 bits per heavy atom. The monoisotopic (exact) mass is 703 g/mol. The Bertz CT molecular complexity index is 3030. The van der Waals surface area contributed by atoms with Crippen LogP contribution in [0.1, 0.15) is 22.9 Å². The Labute approximate surface area is 318 Å². The van der Waals surface area contributed by atoms with Crippen LogP contribution in [0.25, 0.3) is 77.4 Å². The Kier molecular flexibility index (Phi) is 7.27. The van der Waals surface area contributed by atoms with Gasteiger partial charge in [-0.25, -0.2) is 15.0 Å². The van der Waals surface area contributed by atoms with Crippen molar-refractivity contribution >= 4 is 43.5 Å². The molecule has 2 unspecified atom stereocenters. The highest BCUT2D eigenvalue weighted by atomic mass is 16.5. The van der Waals surface area contributed by atoms with Crippen molar-refractivity contribution in [1.82, 2.24) is 15.0 Å². The first kappa shape index (κ1) is 31.4. The molecule has 1 aliphatic heterocycles. The van der Waals surface area contributed by atoms with E-state index in [9.17, 15) is 0 Å². The summed E-state index contributed by atoms with van der Waals surface area (Å²) in [5, 5.41) is 7.02. The van der Waals surface area contributed by atoms with Crippen LogP contribution in [0.3, 0.4) is 0 Å². The average molecular weight is 704 g/mol. The van der Waals surface area contributed by atoms with Gasteiger partial charge in [0.05, 0.1) is 5.92 Å². The highest BCUT2D eigenvalue weighted by Crippen LogP contribution is 2.52. The van der Waals surface area contributed by atoms with Gasteiger partial charge in [0.15, 0.2) is 17.5 Å². The van der Waals surface area contributed by atoms with E-state index >= 15 is 0 Å². The van der Waals surface area contributed by atoms with Crippen LogP contribution in [-0.4, -0.2) is 21.1 Å². The number of hydrogen-bond donors (Lipinski definition) is 0. The van der Waals surface area contributed by atoms with Crippen molar-refractivity contribution in [2.75, 3.05) is 0 Å². The number of fused-ring (bicyclic) bond motifs is 6. The summed E-state index contributed by atoms with van der Waals surface area (Å²) in [5.74, 6) is 2.71. The topological polar surface area (TPSA) is 47.9 Å². The average Bonchev–Trinajstić information content (AvgIpc) is 3.65. The molecule has 4 heteroatoms. The van der Waals surface area contributed by atoms with Crippen molar-refractivity contribution in [3.63, 3.8) is 0 Å². The number of para-hydroxylation sites is 1. The predicted octanol–water partition coefficient (Wildman–Crippen LogP) is 12.4. The minimum atomic E-state index is -0.244. The molecule has 4 nitrogen and oxygen atoms in total. The smallest absolute Gasteiger partial charge is 0.164 e. The van der Waals surface area contributed by atoms with Gasteiger partial charge in [-0.1, -0.05) is 164 Å². The Morgan fingerprint density at radius 1 is 0.382 bits per heavy atom. The number of rotatable bonds is 5. The second-order valence-corrected chi connectivity index (χ2v) is 14.3. The van der Waals surface area contributed by atoms with Crippen LogP contribution in [0.2, 0.25) is 0 Å². The van der Waals surface area contributed by atoms with Crippen LogP contribution in [0.5, 0.6) is 5.75 Å². The van der Waals surface area contributed by atoms with E-state index in [0.29, 0.717) is 17.5 Å². The van der Waals surface area contributed by atoms with Gasteiger partial charge in [-0.2, -0.15) is 0 Å². The van der Waals surface area contributed by atoms with Crippen molar-refractivity contribution in [3.05, 3.63) is 205 Å². The molecule has 0 spiro atoms. The fraction of sp³-hybridized carbons (Fsp3) is 0.0392. The minimum absolute atomic E-state index is 0.108. The van der Waals surface area contributed by atoms with Crippen molar-refractivity contribution < 1.29 is 4.74 Å². The third-order valence-corrected chi connectivity index (χ3v) is 11.1. The zero-order valence-electron chi connectivity index (χ0n) is 29.8. The van der Waals surface area contributed by atoms with Crippen molar-refractivity contribution in [1.29, 1.82) is 0 Å². The third-order valence-electron chi connectivity index (χ3n) is 11.1. The first-order chi connectivity index (χ1) is 27.2. The lowest BCUT2D eigenvalue weighted by molar-refractivity contribution is 0.281. The quantitative estimate of drug-likeness (QED) is 0.179. The van der Waals surface area contributed by atoms with E-state index in [1.165, 1.54) is 32.8 Å². The van der Waals surface area contributed by atoms with Crippen LogP contribution >= 0.6 is 0 Å². The zero-order valence-corrected chi connectivity index (χ0v) is 29.8. The van der Waals surface area contributed by atoms with Gasteiger partial charge in [0, 0.05) is 27.8 Å². The van der Waals surface area contributed by atoms with Crippen molar-refractivity contribution in [2.24, 2.45) is 0 Å². The second-order valence-electron chi connectivity index (χ2n) is 14.3. The van der Waals surface area contributed by atoms with E-state index in [1.807, 2.05) is 12.1 Å². The van der Waals surface area contributed by atoms with E-state index in [1.54, 1.807) is 0 Å². The first-order valence-electron chi connectivity index (χ1n) is 18.7. The molecule has 2 aliphatic rings. The maximum Gasteiger partial charge on any atom is 0.164 e.